The normalized spacial score (nSPS) is 16.6. The van der Waals surface area contributed by atoms with E-state index in [1.807, 2.05) is 52.0 Å². The molecular weight excluding hydrogens is 472 g/mol. The first kappa shape index (κ1) is 27.6. The Balaban J connectivity index is 2.11. The Labute approximate surface area is 218 Å². The summed E-state index contributed by atoms with van der Waals surface area (Å²) in [7, 11) is 2.60. The van der Waals surface area contributed by atoms with Crippen molar-refractivity contribution in [2.45, 2.75) is 46.1 Å². The number of hydrogen-bond donors (Lipinski definition) is 1. The molecule has 0 unspecified atom stereocenters. The number of phenolic OH excluding ortho intramolecular Hbond substituents is 1. The molecule has 0 spiro atoms. The maximum Gasteiger partial charge on any atom is 0.375 e. The molecule has 0 radical (unpaired) electrons. The highest BCUT2D eigenvalue weighted by molar-refractivity contribution is 6.11. The van der Waals surface area contributed by atoms with Gasteiger partial charge in [-0.2, -0.15) is 0 Å². The lowest BCUT2D eigenvalue weighted by molar-refractivity contribution is -0.169. The standard InChI is InChI=1S/C30H34O7/c1-19(2)7-9-23-17-21(8-14-25(23)36-16-15-20(3)4)18-30(29(33)35-6)26(27(34-5)28(32)37-30)22-10-12-24(31)13-11-22/h7-8,10-15,17,31H,9,16,18H2,1-6H3/t30-/m1/s1. The smallest absolute Gasteiger partial charge is 0.375 e. The number of benzene rings is 2. The Hall–Kier alpha value is -4.00. The number of carbonyl (C=O) groups excluding carboxylic acids is 2. The van der Waals surface area contributed by atoms with Crippen LogP contribution in [0.4, 0.5) is 0 Å². The predicted octanol–water partition coefficient (Wildman–Crippen LogP) is 5.31. The summed E-state index contributed by atoms with van der Waals surface area (Å²) in [4.78, 5) is 26.1. The van der Waals surface area contributed by atoms with Crippen LogP contribution in [0, 0.1) is 0 Å². The highest BCUT2D eigenvalue weighted by Gasteiger charge is 2.56. The van der Waals surface area contributed by atoms with E-state index in [0.29, 0.717) is 18.6 Å². The van der Waals surface area contributed by atoms with E-state index in [4.69, 9.17) is 18.9 Å². The number of carbonyl (C=O) groups is 2. The maximum absolute atomic E-state index is 13.3. The molecule has 7 heteroatoms. The fraction of sp³-hybridized carbons (Fsp3) is 0.333. The van der Waals surface area contributed by atoms with Crippen molar-refractivity contribution in [1.82, 2.24) is 0 Å². The summed E-state index contributed by atoms with van der Waals surface area (Å²) < 4.78 is 22.3. The van der Waals surface area contributed by atoms with Crippen LogP contribution in [-0.2, 0) is 36.6 Å². The fourth-order valence-electron chi connectivity index (χ4n) is 4.17. The van der Waals surface area contributed by atoms with Crippen molar-refractivity contribution in [1.29, 1.82) is 0 Å². The maximum atomic E-state index is 13.3. The molecule has 37 heavy (non-hydrogen) atoms. The quantitative estimate of drug-likeness (QED) is 0.345. The number of cyclic esters (lactones) is 1. The van der Waals surface area contributed by atoms with Gasteiger partial charge in [-0.15, -0.1) is 0 Å². The van der Waals surface area contributed by atoms with Gasteiger partial charge >= 0.3 is 11.9 Å². The Morgan fingerprint density at radius 3 is 2.27 bits per heavy atom. The lowest BCUT2D eigenvalue weighted by Crippen LogP contribution is -2.44. The first-order valence-electron chi connectivity index (χ1n) is 12.0. The van der Waals surface area contributed by atoms with Gasteiger partial charge in [-0.3, -0.25) is 0 Å². The number of hydrogen-bond acceptors (Lipinski definition) is 7. The molecule has 0 saturated heterocycles. The van der Waals surface area contributed by atoms with E-state index in [9.17, 15) is 14.7 Å². The molecule has 7 nitrogen and oxygen atoms in total. The number of rotatable bonds is 10. The minimum atomic E-state index is -1.77. The first-order chi connectivity index (χ1) is 17.6. The zero-order chi connectivity index (χ0) is 27.2. The molecule has 1 aliphatic heterocycles. The molecule has 0 bridgehead atoms. The second kappa shape index (κ2) is 11.8. The number of phenols is 1. The number of allylic oxidation sites excluding steroid dienone is 3. The molecule has 3 rings (SSSR count). The van der Waals surface area contributed by atoms with Crippen molar-refractivity contribution in [2.24, 2.45) is 0 Å². The third kappa shape index (κ3) is 6.23. The zero-order valence-corrected chi connectivity index (χ0v) is 22.2. The number of esters is 2. The van der Waals surface area contributed by atoms with Gasteiger partial charge in [0.2, 0.25) is 11.4 Å². The number of ether oxygens (including phenoxy) is 4. The summed E-state index contributed by atoms with van der Waals surface area (Å²) >= 11 is 0. The van der Waals surface area contributed by atoms with Crippen molar-refractivity contribution in [3.63, 3.8) is 0 Å². The molecule has 1 atom stereocenters. The highest BCUT2D eigenvalue weighted by atomic mass is 16.6. The van der Waals surface area contributed by atoms with E-state index in [1.54, 1.807) is 12.1 Å². The van der Waals surface area contributed by atoms with E-state index < -0.39 is 17.5 Å². The first-order valence-corrected chi connectivity index (χ1v) is 12.0. The molecule has 2 aromatic carbocycles. The van der Waals surface area contributed by atoms with Gasteiger partial charge in [0.25, 0.3) is 0 Å². The average Bonchev–Trinajstić information content (AvgIpc) is 3.15. The molecule has 0 aliphatic carbocycles. The minimum Gasteiger partial charge on any atom is -0.508 e. The Bertz CT molecular complexity index is 1240. The number of aromatic hydroxyl groups is 1. The van der Waals surface area contributed by atoms with Crippen molar-refractivity contribution in [3.05, 3.63) is 88.2 Å². The fourth-order valence-corrected chi connectivity index (χ4v) is 4.17. The van der Waals surface area contributed by atoms with E-state index >= 15 is 0 Å². The SMILES string of the molecule is COC(=O)[C@]1(Cc2ccc(OCC=C(C)C)c(CC=C(C)C)c2)OC(=O)C(OC)=C1c1ccc(O)cc1. The van der Waals surface area contributed by atoms with E-state index in [-0.39, 0.29) is 23.5 Å². The molecule has 0 fully saturated rings. The summed E-state index contributed by atoms with van der Waals surface area (Å²) in [6.45, 7) is 8.52. The monoisotopic (exact) mass is 506 g/mol. The van der Waals surface area contributed by atoms with E-state index in [2.05, 4.69) is 6.08 Å². The second-order valence-electron chi connectivity index (χ2n) is 9.36. The van der Waals surface area contributed by atoms with Crippen molar-refractivity contribution >= 4 is 17.5 Å². The topological polar surface area (TPSA) is 91.3 Å². The minimum absolute atomic E-state index is 0.0184. The second-order valence-corrected chi connectivity index (χ2v) is 9.36. The van der Waals surface area contributed by atoms with Crippen LogP contribution in [0.1, 0.15) is 44.4 Å². The van der Waals surface area contributed by atoms with Crippen LogP contribution in [0.3, 0.4) is 0 Å². The molecule has 2 aromatic rings. The van der Waals surface area contributed by atoms with Crippen molar-refractivity contribution in [2.75, 3.05) is 20.8 Å². The van der Waals surface area contributed by atoms with Crippen LogP contribution in [0.2, 0.25) is 0 Å². The Morgan fingerprint density at radius 2 is 1.68 bits per heavy atom. The van der Waals surface area contributed by atoms with Crippen LogP contribution in [0.25, 0.3) is 5.57 Å². The summed E-state index contributed by atoms with van der Waals surface area (Å²) in [6.07, 6.45) is 4.76. The van der Waals surface area contributed by atoms with Gasteiger partial charge in [0.15, 0.2) is 0 Å². The van der Waals surface area contributed by atoms with Crippen LogP contribution in [-0.4, -0.2) is 43.5 Å². The van der Waals surface area contributed by atoms with Gasteiger partial charge in [0, 0.05) is 6.42 Å². The lowest BCUT2D eigenvalue weighted by Gasteiger charge is -2.28. The van der Waals surface area contributed by atoms with Gasteiger partial charge < -0.3 is 24.1 Å². The third-order valence-electron chi connectivity index (χ3n) is 6.00. The van der Waals surface area contributed by atoms with Crippen molar-refractivity contribution < 1.29 is 33.6 Å². The summed E-state index contributed by atoms with van der Waals surface area (Å²) in [6, 6.07) is 11.8. The number of methoxy groups -OCH3 is 2. The van der Waals surface area contributed by atoms with E-state index in [1.165, 1.54) is 31.9 Å². The zero-order valence-electron chi connectivity index (χ0n) is 22.2. The third-order valence-corrected chi connectivity index (χ3v) is 6.00. The predicted molar refractivity (Wildman–Crippen MR) is 141 cm³/mol. The average molecular weight is 507 g/mol. The summed E-state index contributed by atoms with van der Waals surface area (Å²) in [5.41, 5.74) is 2.99. The van der Waals surface area contributed by atoms with Gasteiger partial charge in [-0.25, -0.2) is 9.59 Å². The summed E-state index contributed by atoms with van der Waals surface area (Å²) in [5, 5.41) is 9.78. The molecule has 1 N–H and O–H groups in total. The largest absolute Gasteiger partial charge is 0.508 e. The molecule has 1 heterocycles. The van der Waals surface area contributed by atoms with E-state index in [0.717, 1.165) is 22.4 Å². The van der Waals surface area contributed by atoms with Crippen LogP contribution in [0.5, 0.6) is 11.5 Å². The molecule has 0 aromatic heterocycles. The van der Waals surface area contributed by atoms with Gasteiger partial charge in [0.05, 0.1) is 19.8 Å². The Morgan fingerprint density at radius 1 is 1.00 bits per heavy atom. The molecule has 196 valence electrons. The Kier molecular flexibility index (Phi) is 8.81. The van der Waals surface area contributed by atoms with Crippen LogP contribution < -0.4 is 4.74 Å². The molecule has 1 aliphatic rings. The molecular formula is C30H34O7. The van der Waals surface area contributed by atoms with Gasteiger partial charge in [0.1, 0.15) is 18.1 Å². The van der Waals surface area contributed by atoms with Crippen molar-refractivity contribution in [3.8, 4) is 11.5 Å². The van der Waals surface area contributed by atoms with Gasteiger partial charge in [-0.05, 0) is 75.1 Å². The molecule has 0 amide bonds. The van der Waals surface area contributed by atoms with Crippen LogP contribution in [0.15, 0.2) is 71.5 Å². The highest BCUT2D eigenvalue weighted by Crippen LogP contribution is 2.44. The van der Waals surface area contributed by atoms with Gasteiger partial charge in [-0.1, -0.05) is 41.5 Å². The lowest BCUT2D eigenvalue weighted by atomic mass is 9.83. The molecule has 0 saturated carbocycles. The van der Waals surface area contributed by atoms with Crippen LogP contribution >= 0.6 is 0 Å². The summed E-state index contributed by atoms with van der Waals surface area (Å²) in [5.74, 6) is -0.790.